The molecule has 96 valence electrons. The lowest BCUT2D eigenvalue weighted by molar-refractivity contribution is -0.132. The van der Waals surface area contributed by atoms with Crippen molar-refractivity contribution >= 4 is 17.6 Å². The van der Waals surface area contributed by atoms with Crippen LogP contribution >= 0.6 is 0 Å². The third-order valence-corrected chi connectivity index (χ3v) is 3.13. The Morgan fingerprint density at radius 1 is 1.17 bits per heavy atom. The number of hydrogen-bond donors (Lipinski definition) is 1. The van der Waals surface area contributed by atoms with E-state index in [2.05, 4.69) is 13.8 Å². The Hall–Kier alpha value is -1.88. The molecule has 1 heterocycles. The molecule has 1 N–H and O–H groups in total. The monoisotopic (exact) mass is 248 g/mol. The number of amides is 3. The smallest absolute Gasteiger partial charge is 0.333 e. The normalized spacial score (nSPS) is 20.2. The second-order valence-corrected chi connectivity index (χ2v) is 4.67. The summed E-state index contributed by atoms with van der Waals surface area (Å²) in [6.07, 6.45) is -1.42. The van der Waals surface area contributed by atoms with Gasteiger partial charge in [0.05, 0.1) is 0 Å². The lowest BCUT2D eigenvalue weighted by atomic mass is 10.0. The number of likely N-dealkylation sites (N-methyl/N-ethyl adjacent to an activating group) is 1. The Morgan fingerprint density at radius 3 is 2.11 bits per heavy atom. The molecule has 1 saturated heterocycles. The van der Waals surface area contributed by atoms with Crippen molar-refractivity contribution in [2.24, 2.45) is 0 Å². The third kappa shape index (κ3) is 1.86. The fourth-order valence-corrected chi connectivity index (χ4v) is 1.92. The minimum absolute atomic E-state index is 0.391. The average molecular weight is 248 g/mol. The summed E-state index contributed by atoms with van der Waals surface area (Å²) in [4.78, 5) is 25.3. The van der Waals surface area contributed by atoms with Crippen molar-refractivity contribution < 1.29 is 14.7 Å². The lowest BCUT2D eigenvalue weighted by Crippen LogP contribution is -2.34. The Kier molecular flexibility index (Phi) is 3.09. The van der Waals surface area contributed by atoms with Gasteiger partial charge in [-0.15, -0.1) is 0 Å². The average Bonchev–Trinajstić information content (AvgIpc) is 2.54. The Labute approximate surface area is 106 Å². The Morgan fingerprint density at radius 2 is 1.72 bits per heavy atom. The van der Waals surface area contributed by atoms with Gasteiger partial charge >= 0.3 is 6.03 Å². The quantitative estimate of drug-likeness (QED) is 0.807. The number of imide groups is 1. The SMILES string of the molecule is CC(C)c1ccc(N2C(=O)N(C)C(=O)C2O)cc1. The molecule has 0 aliphatic carbocycles. The van der Waals surface area contributed by atoms with Crippen LogP contribution in [0.4, 0.5) is 10.5 Å². The van der Waals surface area contributed by atoms with Gasteiger partial charge in [-0.2, -0.15) is 0 Å². The van der Waals surface area contributed by atoms with E-state index in [1.54, 1.807) is 12.1 Å². The molecule has 2 rings (SSSR count). The van der Waals surface area contributed by atoms with E-state index in [1.807, 2.05) is 12.1 Å². The van der Waals surface area contributed by atoms with Crippen LogP contribution in [0, 0.1) is 0 Å². The summed E-state index contributed by atoms with van der Waals surface area (Å²) in [5.41, 5.74) is 1.66. The number of anilines is 1. The van der Waals surface area contributed by atoms with Crippen LogP contribution < -0.4 is 4.90 Å². The molecule has 0 saturated carbocycles. The minimum Gasteiger partial charge on any atom is -0.365 e. The maximum Gasteiger partial charge on any atom is 0.333 e. The molecule has 1 aliphatic heterocycles. The number of carbonyl (C=O) groups excluding carboxylic acids is 2. The highest BCUT2D eigenvalue weighted by Crippen LogP contribution is 2.25. The van der Waals surface area contributed by atoms with E-state index in [4.69, 9.17) is 0 Å². The van der Waals surface area contributed by atoms with Crippen molar-refractivity contribution in [3.63, 3.8) is 0 Å². The summed E-state index contributed by atoms with van der Waals surface area (Å²) in [7, 11) is 1.36. The van der Waals surface area contributed by atoms with Crippen LogP contribution in [0.5, 0.6) is 0 Å². The first-order chi connectivity index (χ1) is 8.43. The van der Waals surface area contributed by atoms with Gasteiger partial charge in [0.2, 0.25) is 6.23 Å². The van der Waals surface area contributed by atoms with E-state index >= 15 is 0 Å². The number of aliphatic hydroxyl groups is 1. The van der Waals surface area contributed by atoms with Gasteiger partial charge in [-0.05, 0) is 23.6 Å². The van der Waals surface area contributed by atoms with E-state index in [1.165, 1.54) is 7.05 Å². The maximum absolute atomic E-state index is 11.8. The van der Waals surface area contributed by atoms with Crippen LogP contribution in [-0.4, -0.2) is 35.2 Å². The standard InChI is InChI=1S/C13H16N2O3/c1-8(2)9-4-6-10(7-5-9)15-12(17)11(16)14(3)13(15)18/h4-8,12,17H,1-3H3. The first-order valence-electron chi connectivity index (χ1n) is 5.82. The lowest BCUT2D eigenvalue weighted by Gasteiger charge is -2.18. The van der Waals surface area contributed by atoms with Crippen LogP contribution in [0.3, 0.4) is 0 Å². The highest BCUT2D eigenvalue weighted by atomic mass is 16.3. The van der Waals surface area contributed by atoms with Crippen molar-refractivity contribution in [1.29, 1.82) is 0 Å². The Bertz CT molecular complexity index is 482. The van der Waals surface area contributed by atoms with E-state index in [-0.39, 0.29) is 0 Å². The number of urea groups is 1. The van der Waals surface area contributed by atoms with Crippen molar-refractivity contribution in [1.82, 2.24) is 4.90 Å². The zero-order valence-electron chi connectivity index (χ0n) is 10.6. The Balaban J connectivity index is 2.32. The zero-order valence-corrected chi connectivity index (χ0v) is 10.6. The van der Waals surface area contributed by atoms with Crippen LogP contribution in [0.25, 0.3) is 0 Å². The molecule has 3 amide bonds. The van der Waals surface area contributed by atoms with Crippen molar-refractivity contribution in [2.75, 3.05) is 11.9 Å². The minimum atomic E-state index is -1.42. The van der Waals surface area contributed by atoms with E-state index < -0.39 is 18.2 Å². The summed E-state index contributed by atoms with van der Waals surface area (Å²) in [5.74, 6) is -0.213. The topological polar surface area (TPSA) is 60.9 Å². The van der Waals surface area contributed by atoms with Gasteiger partial charge in [0, 0.05) is 12.7 Å². The number of hydrogen-bond acceptors (Lipinski definition) is 3. The van der Waals surface area contributed by atoms with Gasteiger partial charge in [0.25, 0.3) is 5.91 Å². The van der Waals surface area contributed by atoms with Gasteiger partial charge in [-0.1, -0.05) is 26.0 Å². The van der Waals surface area contributed by atoms with Gasteiger partial charge in [-0.25, -0.2) is 4.79 Å². The molecule has 0 bridgehead atoms. The highest BCUT2D eigenvalue weighted by molar-refractivity contribution is 6.13. The molecule has 1 unspecified atom stereocenters. The van der Waals surface area contributed by atoms with Gasteiger partial charge < -0.3 is 5.11 Å². The van der Waals surface area contributed by atoms with Crippen LogP contribution in [0.2, 0.25) is 0 Å². The summed E-state index contributed by atoms with van der Waals surface area (Å²) in [6, 6.07) is 6.75. The molecule has 1 aliphatic rings. The predicted molar refractivity (Wildman–Crippen MR) is 67.2 cm³/mol. The van der Waals surface area contributed by atoms with Crippen LogP contribution in [0.1, 0.15) is 25.3 Å². The molecule has 0 spiro atoms. The molecule has 5 nitrogen and oxygen atoms in total. The first-order valence-corrected chi connectivity index (χ1v) is 5.82. The second-order valence-electron chi connectivity index (χ2n) is 4.67. The number of rotatable bonds is 2. The molecule has 0 aromatic heterocycles. The number of benzene rings is 1. The van der Waals surface area contributed by atoms with E-state index in [0.29, 0.717) is 11.6 Å². The maximum atomic E-state index is 11.8. The van der Waals surface area contributed by atoms with E-state index in [0.717, 1.165) is 15.4 Å². The summed E-state index contributed by atoms with van der Waals surface area (Å²) in [6.45, 7) is 4.14. The fraction of sp³-hybridized carbons (Fsp3) is 0.385. The molecule has 0 radical (unpaired) electrons. The highest BCUT2D eigenvalue weighted by Gasteiger charge is 2.42. The van der Waals surface area contributed by atoms with Gasteiger partial charge in [-0.3, -0.25) is 14.6 Å². The number of nitrogens with zero attached hydrogens (tertiary/aromatic N) is 2. The predicted octanol–water partition coefficient (Wildman–Crippen LogP) is 1.53. The number of carbonyl (C=O) groups is 2. The third-order valence-electron chi connectivity index (χ3n) is 3.13. The summed E-state index contributed by atoms with van der Waals surface area (Å²) < 4.78 is 0. The zero-order chi connectivity index (χ0) is 13.4. The van der Waals surface area contributed by atoms with Crippen LogP contribution in [-0.2, 0) is 4.79 Å². The largest absolute Gasteiger partial charge is 0.365 e. The van der Waals surface area contributed by atoms with Gasteiger partial charge in [0.1, 0.15) is 0 Å². The molecule has 1 aromatic rings. The van der Waals surface area contributed by atoms with Crippen LogP contribution in [0.15, 0.2) is 24.3 Å². The molecular formula is C13H16N2O3. The molecule has 1 fully saturated rings. The molecule has 5 heteroatoms. The number of aliphatic hydroxyl groups excluding tert-OH is 1. The summed E-state index contributed by atoms with van der Waals surface area (Å²) >= 11 is 0. The van der Waals surface area contributed by atoms with Crippen molar-refractivity contribution in [3.05, 3.63) is 29.8 Å². The molecule has 1 atom stereocenters. The van der Waals surface area contributed by atoms with Crippen molar-refractivity contribution in [2.45, 2.75) is 26.0 Å². The molecular weight excluding hydrogens is 232 g/mol. The molecule has 1 aromatic carbocycles. The van der Waals surface area contributed by atoms with Crippen molar-refractivity contribution in [3.8, 4) is 0 Å². The summed E-state index contributed by atoms with van der Waals surface area (Å²) in [5, 5.41) is 9.74. The fourth-order valence-electron chi connectivity index (χ4n) is 1.92. The second kappa shape index (κ2) is 4.42. The van der Waals surface area contributed by atoms with E-state index in [9.17, 15) is 14.7 Å². The first kappa shape index (κ1) is 12.6. The molecule has 18 heavy (non-hydrogen) atoms. The van der Waals surface area contributed by atoms with Gasteiger partial charge in [0.15, 0.2) is 0 Å².